The van der Waals surface area contributed by atoms with Gasteiger partial charge in [-0.05, 0) is 49.7 Å². The second-order valence-electron chi connectivity index (χ2n) is 6.01. The van der Waals surface area contributed by atoms with Gasteiger partial charge in [-0.2, -0.15) is 8.42 Å². The summed E-state index contributed by atoms with van der Waals surface area (Å²) in [6, 6.07) is 15.6. The molecule has 0 N–H and O–H groups in total. The first kappa shape index (κ1) is 23.9. The third-order valence-corrected chi connectivity index (χ3v) is 5.92. The van der Waals surface area contributed by atoms with Crippen LogP contribution in [0.4, 0.5) is 16.5 Å². The lowest BCUT2D eigenvalue weighted by atomic mass is 10.2. The van der Waals surface area contributed by atoms with Gasteiger partial charge in [0.25, 0.3) is 0 Å². The Bertz CT molecular complexity index is 1030. The third kappa shape index (κ3) is 6.56. The van der Waals surface area contributed by atoms with Gasteiger partial charge in [0.2, 0.25) is 5.13 Å². The molecule has 30 heavy (non-hydrogen) atoms. The molecule has 0 aliphatic rings. The molecule has 1 heterocycles. The summed E-state index contributed by atoms with van der Waals surface area (Å²) < 4.78 is 32.4. The summed E-state index contributed by atoms with van der Waals surface area (Å²) in [5, 5.41) is 9.12. The normalized spacial score (nSPS) is 11.7. The first-order valence-corrected chi connectivity index (χ1v) is 11.2. The van der Waals surface area contributed by atoms with E-state index in [0.717, 1.165) is 35.2 Å². The van der Waals surface area contributed by atoms with E-state index in [0.29, 0.717) is 18.1 Å². The third-order valence-electron chi connectivity index (χ3n) is 4.13. The van der Waals surface area contributed by atoms with E-state index in [-0.39, 0.29) is 14.0 Å². The molecule has 0 aliphatic carbocycles. The maximum absolute atomic E-state index is 11.2. The largest absolute Gasteiger partial charge is 0.399 e. The zero-order valence-corrected chi connectivity index (χ0v) is 17.8. The summed E-state index contributed by atoms with van der Waals surface area (Å²) in [5.74, 6) is 0. The fourth-order valence-corrected chi connectivity index (χ4v) is 3.87. The molecule has 0 bridgehead atoms. The zero-order valence-electron chi connectivity index (χ0n) is 16.2. The maximum atomic E-state index is 11.2. The van der Waals surface area contributed by atoms with Crippen LogP contribution in [0, 0.1) is 0 Å². The monoisotopic (exact) mass is 450 g/mol. The summed E-state index contributed by atoms with van der Waals surface area (Å²) in [5.41, 5.74) is 2.67. The molecule has 0 saturated carbocycles. The summed E-state index contributed by atoms with van der Waals surface area (Å²) in [4.78, 5) is 6.56. The van der Waals surface area contributed by atoms with Gasteiger partial charge in [0.05, 0.1) is 29.6 Å². The highest BCUT2D eigenvalue weighted by Gasteiger charge is 2.10. The van der Waals surface area contributed by atoms with Gasteiger partial charge >= 0.3 is 10.4 Å². The molecule has 0 fully saturated rings. The minimum absolute atomic E-state index is 0. The van der Waals surface area contributed by atoms with Gasteiger partial charge in [0.15, 0.2) is 0 Å². The molecule has 162 valence electrons. The fraction of sp³-hybridized carbons (Fsp3) is 0.350. The van der Waals surface area contributed by atoms with Crippen molar-refractivity contribution in [2.45, 2.75) is 20.8 Å². The minimum atomic E-state index is -3.88. The van der Waals surface area contributed by atoms with E-state index >= 15 is 0 Å². The molecule has 0 radical (unpaired) electrons. The minimum Gasteiger partial charge on any atom is -0.372 e. The number of para-hydroxylation sites is 1. The van der Waals surface area contributed by atoms with Crippen LogP contribution in [0.25, 0.3) is 10.2 Å². The Balaban J connectivity index is 0.00000320. The number of thiazole rings is 1. The highest BCUT2D eigenvalue weighted by molar-refractivity contribution is 7.81. The van der Waals surface area contributed by atoms with Crippen molar-refractivity contribution >= 4 is 48.5 Å². The number of aromatic nitrogens is 1. The average molecular weight is 451 g/mol. The van der Waals surface area contributed by atoms with Gasteiger partial charge in [-0.15, -0.1) is 10.2 Å². The Morgan fingerprint density at radius 1 is 1.10 bits per heavy atom. The number of nitrogens with zero attached hydrogens (tertiary/aromatic N) is 4. The lowest BCUT2D eigenvalue weighted by Crippen LogP contribution is -2.25. The van der Waals surface area contributed by atoms with Crippen molar-refractivity contribution in [1.82, 2.24) is 4.98 Å². The summed E-state index contributed by atoms with van der Waals surface area (Å²) in [6.45, 7) is 3.54. The van der Waals surface area contributed by atoms with Gasteiger partial charge in [0, 0.05) is 18.8 Å². The number of fused-ring (bicyclic) bond motifs is 1. The fourth-order valence-electron chi connectivity index (χ4n) is 2.67. The van der Waals surface area contributed by atoms with Crippen molar-refractivity contribution in [3.05, 3.63) is 48.5 Å². The molecule has 0 unspecified atom stereocenters. The van der Waals surface area contributed by atoms with Gasteiger partial charge in [-0.25, -0.2) is 9.17 Å². The van der Waals surface area contributed by atoms with Gasteiger partial charge in [-0.3, -0.25) is 4.18 Å². The van der Waals surface area contributed by atoms with Crippen LogP contribution in [0.5, 0.6) is 0 Å². The van der Waals surface area contributed by atoms with E-state index in [4.69, 9.17) is 4.18 Å². The highest BCUT2D eigenvalue weighted by atomic mass is 32.3. The molecule has 8 nitrogen and oxygen atoms in total. The van der Waals surface area contributed by atoms with Crippen LogP contribution in [-0.2, 0) is 18.8 Å². The van der Waals surface area contributed by atoms with Crippen LogP contribution in [0.2, 0.25) is 0 Å². The Hall–Kier alpha value is -2.40. The number of rotatable bonds is 10. The smallest absolute Gasteiger partial charge is 0.372 e. The topological polar surface area (TPSA) is 93.5 Å². The number of anilines is 1. The molecule has 3 rings (SSSR count). The Labute approximate surface area is 181 Å². The van der Waals surface area contributed by atoms with E-state index in [1.165, 1.54) is 11.3 Å². The standard InChI is InChI=1S/C19H22N4O4S2.CH4/c1-3-23(13-6-14-27-29(24,25)26-2)16-11-9-15(10-12-16)21-22-19-20-17-7-4-5-8-18(17)28-19;/h4-5,7-12H,3,6,13-14H2,1-2H3;1H4. The SMILES string of the molecule is C.CCN(CCCOS(=O)(=O)OC)c1ccc(N=Nc2nc3ccccc3s2)cc1. The summed E-state index contributed by atoms with van der Waals surface area (Å²) in [6.07, 6.45) is 0.551. The molecule has 1 aromatic heterocycles. The van der Waals surface area contributed by atoms with Gasteiger partial charge < -0.3 is 4.90 Å². The second-order valence-corrected chi connectivity index (χ2v) is 8.41. The molecule has 3 aromatic rings. The molecule has 0 atom stereocenters. The van der Waals surface area contributed by atoms with Crippen molar-refractivity contribution < 1.29 is 16.8 Å². The first-order chi connectivity index (χ1) is 14.0. The lowest BCUT2D eigenvalue weighted by Gasteiger charge is -2.23. The predicted molar refractivity (Wildman–Crippen MR) is 121 cm³/mol. The average Bonchev–Trinajstić information content (AvgIpc) is 3.16. The predicted octanol–water partition coefficient (Wildman–Crippen LogP) is 5.47. The van der Waals surface area contributed by atoms with Crippen LogP contribution in [0.15, 0.2) is 58.8 Å². The van der Waals surface area contributed by atoms with Crippen molar-refractivity contribution in [3.63, 3.8) is 0 Å². The van der Waals surface area contributed by atoms with Crippen molar-refractivity contribution in [3.8, 4) is 0 Å². The van der Waals surface area contributed by atoms with Crippen LogP contribution in [0.3, 0.4) is 0 Å². The molecule has 0 amide bonds. The van der Waals surface area contributed by atoms with Crippen molar-refractivity contribution in [2.75, 3.05) is 31.7 Å². The molecule has 0 aliphatic heterocycles. The Kier molecular flexibility index (Phi) is 8.85. The number of azo groups is 1. The van der Waals surface area contributed by atoms with E-state index < -0.39 is 10.4 Å². The number of benzene rings is 2. The quantitative estimate of drug-likeness (QED) is 0.300. The van der Waals surface area contributed by atoms with E-state index in [1.807, 2.05) is 55.5 Å². The molecular weight excluding hydrogens is 424 g/mol. The maximum Gasteiger partial charge on any atom is 0.399 e. The highest BCUT2D eigenvalue weighted by Crippen LogP contribution is 2.29. The van der Waals surface area contributed by atoms with Crippen LogP contribution >= 0.6 is 11.3 Å². The summed E-state index contributed by atoms with van der Waals surface area (Å²) >= 11 is 1.50. The Morgan fingerprint density at radius 3 is 2.50 bits per heavy atom. The van der Waals surface area contributed by atoms with E-state index in [2.05, 4.69) is 24.3 Å². The van der Waals surface area contributed by atoms with E-state index in [1.54, 1.807) is 0 Å². The molecule has 10 heteroatoms. The van der Waals surface area contributed by atoms with Crippen LogP contribution in [-0.4, -0.2) is 40.2 Å². The second kappa shape index (κ2) is 11.1. The van der Waals surface area contributed by atoms with Gasteiger partial charge in [-0.1, -0.05) is 30.9 Å². The van der Waals surface area contributed by atoms with Crippen molar-refractivity contribution in [1.29, 1.82) is 0 Å². The van der Waals surface area contributed by atoms with Gasteiger partial charge in [0.1, 0.15) is 0 Å². The van der Waals surface area contributed by atoms with Crippen molar-refractivity contribution in [2.24, 2.45) is 10.2 Å². The van der Waals surface area contributed by atoms with Crippen LogP contribution < -0.4 is 4.90 Å². The molecule has 2 aromatic carbocycles. The number of hydrogen-bond acceptors (Lipinski definition) is 9. The number of hydrogen-bond donors (Lipinski definition) is 0. The first-order valence-electron chi connectivity index (χ1n) is 9.08. The molecule has 0 spiro atoms. The lowest BCUT2D eigenvalue weighted by molar-refractivity contribution is 0.241. The van der Waals surface area contributed by atoms with E-state index in [9.17, 15) is 8.42 Å². The molecule has 0 saturated heterocycles. The summed E-state index contributed by atoms with van der Waals surface area (Å²) in [7, 11) is -2.81. The molecular formula is C20H26N4O4S2. The van der Waals surface area contributed by atoms with Crippen LogP contribution in [0.1, 0.15) is 20.8 Å². The zero-order chi connectivity index (χ0) is 20.7. The Morgan fingerprint density at radius 2 is 1.83 bits per heavy atom.